The number of carbonyl (C=O) groups excluding carboxylic acids is 1. The smallest absolute Gasteiger partial charge is 0.445 e. The van der Waals surface area contributed by atoms with E-state index in [1.165, 1.54) is 18.2 Å². The first-order chi connectivity index (χ1) is 11.8. The highest BCUT2D eigenvalue weighted by Gasteiger charge is 2.36. The number of carbonyl (C=O) groups is 1. The van der Waals surface area contributed by atoms with Crippen LogP contribution in [0.5, 0.6) is 5.75 Å². The van der Waals surface area contributed by atoms with Gasteiger partial charge in [-0.25, -0.2) is 9.18 Å². The minimum absolute atomic E-state index is 0.218. The van der Waals surface area contributed by atoms with Crippen LogP contribution in [0.2, 0.25) is 0 Å². The summed E-state index contributed by atoms with van der Waals surface area (Å²) in [6, 6.07) is 2.69. The number of halogens is 4. The Kier molecular flexibility index (Phi) is 4.75. The van der Waals surface area contributed by atoms with Crippen LogP contribution in [0.1, 0.15) is 29.5 Å². The Balaban J connectivity index is 1.71. The monoisotopic (exact) mass is 376 g/mol. The summed E-state index contributed by atoms with van der Waals surface area (Å²) in [5.41, 5.74) is 0.473. The first kappa shape index (κ1) is 17.4. The van der Waals surface area contributed by atoms with E-state index in [2.05, 4.69) is 20.8 Å². The normalized spacial score (nSPS) is 17.2. The number of anilines is 1. The molecule has 6 nitrogen and oxygen atoms in total. The summed E-state index contributed by atoms with van der Waals surface area (Å²) >= 11 is 0.218. The first-order valence-electron chi connectivity index (χ1n) is 7.23. The molecule has 0 aliphatic carbocycles. The van der Waals surface area contributed by atoms with Gasteiger partial charge in [0.05, 0.1) is 12.6 Å². The lowest BCUT2D eigenvalue weighted by molar-refractivity contribution is -0.138. The van der Waals surface area contributed by atoms with Crippen LogP contribution >= 0.6 is 11.3 Å². The van der Waals surface area contributed by atoms with Crippen molar-refractivity contribution < 1.29 is 27.1 Å². The second kappa shape index (κ2) is 6.82. The zero-order valence-corrected chi connectivity index (χ0v) is 13.4. The van der Waals surface area contributed by atoms with Gasteiger partial charge in [0.15, 0.2) is 0 Å². The van der Waals surface area contributed by atoms with Crippen LogP contribution in [0, 0.1) is 5.82 Å². The fourth-order valence-corrected chi connectivity index (χ4v) is 2.98. The van der Waals surface area contributed by atoms with Gasteiger partial charge in [-0.2, -0.15) is 13.2 Å². The van der Waals surface area contributed by atoms with E-state index in [0.717, 1.165) is 0 Å². The maximum Gasteiger partial charge on any atom is 0.445 e. The van der Waals surface area contributed by atoms with Gasteiger partial charge in [-0.05, 0) is 31.0 Å². The minimum Gasteiger partial charge on any atom is -0.493 e. The zero-order chi connectivity index (χ0) is 18.0. The molecule has 2 aromatic rings. The SMILES string of the molecule is O=C(Nc1nnc(C(F)(F)F)s1)N[C@@H]1CCCOc2ccc(F)cc21. The molecule has 3 rings (SSSR count). The molecule has 1 atom stereocenters. The van der Waals surface area contributed by atoms with Crippen molar-refractivity contribution in [1.29, 1.82) is 0 Å². The van der Waals surface area contributed by atoms with E-state index in [4.69, 9.17) is 4.74 Å². The largest absolute Gasteiger partial charge is 0.493 e. The molecule has 2 amide bonds. The Morgan fingerprint density at radius 1 is 1.32 bits per heavy atom. The van der Waals surface area contributed by atoms with Gasteiger partial charge in [0, 0.05) is 5.56 Å². The van der Waals surface area contributed by atoms with Crippen molar-refractivity contribution in [3.63, 3.8) is 0 Å². The molecule has 0 radical (unpaired) electrons. The minimum atomic E-state index is -4.62. The van der Waals surface area contributed by atoms with Gasteiger partial charge in [-0.3, -0.25) is 5.32 Å². The van der Waals surface area contributed by atoms with E-state index in [9.17, 15) is 22.4 Å². The maximum absolute atomic E-state index is 13.5. The Morgan fingerprint density at radius 2 is 2.12 bits per heavy atom. The number of rotatable bonds is 2. The molecule has 2 heterocycles. The first-order valence-corrected chi connectivity index (χ1v) is 8.05. The van der Waals surface area contributed by atoms with Gasteiger partial charge < -0.3 is 10.1 Å². The van der Waals surface area contributed by atoms with Crippen LogP contribution in [-0.4, -0.2) is 22.8 Å². The van der Waals surface area contributed by atoms with Crippen LogP contribution in [0.3, 0.4) is 0 Å². The lowest BCUT2D eigenvalue weighted by Gasteiger charge is -2.18. The standard InChI is InChI=1S/C14H12F4N4O2S/c15-7-3-4-10-8(6-7)9(2-1-5-24-10)19-12(23)20-13-22-21-11(25-13)14(16,17)18/h3-4,6,9H,1-2,5H2,(H2,19,20,22,23)/t9-/m1/s1. The molecular formula is C14H12F4N4O2S. The lowest BCUT2D eigenvalue weighted by Crippen LogP contribution is -2.32. The van der Waals surface area contributed by atoms with E-state index >= 15 is 0 Å². The molecule has 0 bridgehead atoms. The molecule has 0 spiro atoms. The second-order valence-electron chi connectivity index (χ2n) is 5.23. The fraction of sp³-hybridized carbons (Fsp3) is 0.357. The Bertz CT molecular complexity index is 780. The molecule has 134 valence electrons. The predicted molar refractivity (Wildman–Crippen MR) is 80.9 cm³/mol. The third-order valence-electron chi connectivity index (χ3n) is 3.44. The second-order valence-corrected chi connectivity index (χ2v) is 6.21. The third-order valence-corrected chi connectivity index (χ3v) is 4.32. The molecule has 0 unspecified atom stereocenters. The van der Waals surface area contributed by atoms with Crippen molar-refractivity contribution in [2.75, 3.05) is 11.9 Å². The molecule has 2 N–H and O–H groups in total. The molecule has 0 saturated heterocycles. The highest BCUT2D eigenvalue weighted by atomic mass is 32.1. The number of hydrogen-bond donors (Lipinski definition) is 2. The van der Waals surface area contributed by atoms with Gasteiger partial charge in [0.1, 0.15) is 11.6 Å². The highest BCUT2D eigenvalue weighted by molar-refractivity contribution is 7.15. The maximum atomic E-state index is 13.5. The van der Waals surface area contributed by atoms with E-state index in [0.29, 0.717) is 30.8 Å². The zero-order valence-electron chi connectivity index (χ0n) is 12.6. The van der Waals surface area contributed by atoms with Crippen molar-refractivity contribution in [2.45, 2.75) is 25.1 Å². The lowest BCUT2D eigenvalue weighted by atomic mass is 10.0. The highest BCUT2D eigenvalue weighted by Crippen LogP contribution is 2.34. The van der Waals surface area contributed by atoms with Crippen molar-refractivity contribution in [3.05, 3.63) is 34.6 Å². The Labute approximate surface area is 143 Å². The van der Waals surface area contributed by atoms with Crippen LogP contribution in [-0.2, 0) is 6.18 Å². The molecule has 11 heteroatoms. The van der Waals surface area contributed by atoms with Gasteiger partial charge in [0.2, 0.25) is 10.1 Å². The number of alkyl halides is 3. The summed E-state index contributed by atoms with van der Waals surface area (Å²) in [6.45, 7) is 0.420. The van der Waals surface area contributed by atoms with Crippen LogP contribution < -0.4 is 15.4 Å². The number of urea groups is 1. The molecular weight excluding hydrogens is 364 g/mol. The number of benzene rings is 1. The Hall–Kier alpha value is -2.43. The molecule has 1 aliphatic rings. The summed E-state index contributed by atoms with van der Waals surface area (Å²) in [5, 5.41) is 9.64. The van der Waals surface area contributed by atoms with Crippen molar-refractivity contribution in [2.24, 2.45) is 0 Å². The summed E-state index contributed by atoms with van der Waals surface area (Å²) in [4.78, 5) is 12.0. The molecule has 25 heavy (non-hydrogen) atoms. The van der Waals surface area contributed by atoms with Crippen molar-refractivity contribution >= 4 is 22.5 Å². The molecule has 0 saturated carbocycles. The number of nitrogens with one attached hydrogen (secondary N) is 2. The van der Waals surface area contributed by atoms with Gasteiger partial charge in [0.25, 0.3) is 0 Å². The summed E-state index contributed by atoms with van der Waals surface area (Å²) in [6.07, 6.45) is -3.50. The average molecular weight is 376 g/mol. The topological polar surface area (TPSA) is 76.1 Å². The number of fused-ring (bicyclic) bond motifs is 1. The van der Waals surface area contributed by atoms with Crippen molar-refractivity contribution in [1.82, 2.24) is 15.5 Å². The summed E-state index contributed by atoms with van der Waals surface area (Å²) in [5.74, 6) is -0.0186. The number of hydrogen-bond acceptors (Lipinski definition) is 5. The summed E-state index contributed by atoms with van der Waals surface area (Å²) < 4.78 is 56.5. The van der Waals surface area contributed by atoms with E-state index in [1.807, 2.05) is 0 Å². The van der Waals surface area contributed by atoms with E-state index < -0.39 is 29.1 Å². The van der Waals surface area contributed by atoms with Crippen LogP contribution in [0.15, 0.2) is 18.2 Å². The van der Waals surface area contributed by atoms with Crippen LogP contribution in [0.4, 0.5) is 27.5 Å². The average Bonchev–Trinajstić information content (AvgIpc) is 2.91. The van der Waals surface area contributed by atoms with Crippen molar-refractivity contribution in [3.8, 4) is 5.75 Å². The van der Waals surface area contributed by atoms with E-state index in [-0.39, 0.29) is 16.5 Å². The predicted octanol–water partition coefficient (Wildman–Crippen LogP) is 3.73. The molecule has 1 aliphatic heterocycles. The van der Waals surface area contributed by atoms with Gasteiger partial charge in [-0.15, -0.1) is 10.2 Å². The molecule has 0 fully saturated rings. The summed E-state index contributed by atoms with van der Waals surface area (Å²) in [7, 11) is 0. The van der Waals surface area contributed by atoms with Crippen LogP contribution in [0.25, 0.3) is 0 Å². The number of amides is 2. The number of ether oxygens (including phenoxy) is 1. The Morgan fingerprint density at radius 3 is 2.84 bits per heavy atom. The number of aromatic nitrogens is 2. The van der Waals surface area contributed by atoms with E-state index in [1.54, 1.807) is 0 Å². The number of nitrogens with zero attached hydrogens (tertiary/aromatic N) is 2. The molecule has 1 aromatic carbocycles. The quantitative estimate of drug-likeness (QED) is 0.783. The third kappa shape index (κ3) is 4.16. The fourth-order valence-electron chi connectivity index (χ4n) is 2.38. The van der Waals surface area contributed by atoms with Gasteiger partial charge >= 0.3 is 12.2 Å². The molecule has 1 aromatic heterocycles. The van der Waals surface area contributed by atoms with Gasteiger partial charge in [-0.1, -0.05) is 11.3 Å².